The fraction of sp³-hybridized carbons (Fsp3) is 0.500. The summed E-state index contributed by atoms with van der Waals surface area (Å²) in [5.41, 5.74) is 0.0900. The molecule has 5 heteroatoms. The van der Waals surface area contributed by atoms with Gasteiger partial charge in [-0.25, -0.2) is 9.37 Å². The number of rotatable bonds is 4. The fourth-order valence-corrected chi connectivity index (χ4v) is 1.42. The Kier molecular flexibility index (Phi) is 5.00. The molecule has 0 fully saturated rings. The van der Waals surface area contributed by atoms with Crippen molar-refractivity contribution in [2.24, 2.45) is 0 Å². The Morgan fingerprint density at radius 2 is 2.05 bits per heavy atom. The smallest absolute Gasteiger partial charge is 0.220 e. The number of allylic oxidation sites excluding steroid dienone is 1. The molecule has 1 rings (SSSR count). The maximum atomic E-state index is 13.7. The summed E-state index contributed by atoms with van der Waals surface area (Å²) in [6.07, 6.45) is 2.55. The lowest BCUT2D eigenvalue weighted by Crippen LogP contribution is -2.24. The van der Waals surface area contributed by atoms with E-state index in [2.05, 4.69) is 4.98 Å². The van der Waals surface area contributed by atoms with Crippen molar-refractivity contribution in [1.29, 1.82) is 0 Å². The molecule has 19 heavy (non-hydrogen) atoms. The molecule has 0 atom stereocenters. The van der Waals surface area contributed by atoms with E-state index in [4.69, 9.17) is 9.84 Å². The molecule has 0 spiro atoms. The zero-order valence-electron chi connectivity index (χ0n) is 11.6. The summed E-state index contributed by atoms with van der Waals surface area (Å²) >= 11 is 0. The van der Waals surface area contributed by atoms with E-state index in [0.29, 0.717) is 5.57 Å². The Bertz CT molecular complexity index is 479. The van der Waals surface area contributed by atoms with Crippen LogP contribution in [0.15, 0.2) is 17.8 Å². The number of pyridine rings is 1. The van der Waals surface area contributed by atoms with Crippen molar-refractivity contribution >= 4 is 0 Å². The van der Waals surface area contributed by atoms with E-state index in [1.807, 2.05) is 0 Å². The topological polar surface area (TPSA) is 42.4 Å². The average molecular weight is 271 g/mol. The molecule has 0 saturated heterocycles. The van der Waals surface area contributed by atoms with Gasteiger partial charge in [-0.15, -0.1) is 0 Å². The Morgan fingerprint density at radius 1 is 1.42 bits per heavy atom. The van der Waals surface area contributed by atoms with Gasteiger partial charge in [-0.1, -0.05) is 11.6 Å². The van der Waals surface area contributed by atoms with E-state index >= 15 is 0 Å². The summed E-state index contributed by atoms with van der Waals surface area (Å²) in [5.74, 6) is -1.58. The van der Waals surface area contributed by atoms with Crippen molar-refractivity contribution in [2.75, 3.05) is 6.61 Å². The molecule has 0 bridgehead atoms. The molecular formula is C14H19F2NO2. The normalized spacial score (nSPS) is 12.7. The average Bonchev–Trinajstić information content (AvgIpc) is 2.31. The Labute approximate surface area is 111 Å². The molecule has 0 radical (unpaired) electrons. The number of aliphatic hydroxyl groups excluding tert-OH is 1. The van der Waals surface area contributed by atoms with E-state index < -0.39 is 17.4 Å². The number of aromatic nitrogens is 1. The fourth-order valence-electron chi connectivity index (χ4n) is 1.42. The van der Waals surface area contributed by atoms with Gasteiger partial charge in [0.25, 0.3) is 0 Å². The summed E-state index contributed by atoms with van der Waals surface area (Å²) in [7, 11) is 0. The van der Waals surface area contributed by atoms with Gasteiger partial charge in [-0.05, 0) is 34.1 Å². The lowest BCUT2D eigenvalue weighted by Gasteiger charge is -2.23. The first-order valence-electron chi connectivity index (χ1n) is 6.03. The molecule has 0 saturated carbocycles. The predicted octanol–water partition coefficient (Wildman–Crippen LogP) is 3.02. The van der Waals surface area contributed by atoms with Crippen LogP contribution in [-0.4, -0.2) is 22.3 Å². The van der Waals surface area contributed by atoms with Gasteiger partial charge in [-0.2, -0.15) is 4.39 Å². The SMILES string of the molecule is C/C(=C/Cc1c(F)ncc(F)c1OC(C)(C)C)CO. The van der Waals surface area contributed by atoms with Crippen LogP contribution in [0, 0.1) is 11.8 Å². The van der Waals surface area contributed by atoms with Crippen LogP contribution < -0.4 is 4.74 Å². The second-order valence-corrected chi connectivity index (χ2v) is 5.33. The lowest BCUT2D eigenvalue weighted by atomic mass is 10.1. The molecule has 106 valence electrons. The van der Waals surface area contributed by atoms with Crippen LogP contribution in [0.25, 0.3) is 0 Å². The third kappa shape index (κ3) is 4.59. The largest absolute Gasteiger partial charge is 0.485 e. The van der Waals surface area contributed by atoms with Crippen LogP contribution in [0.4, 0.5) is 8.78 Å². The molecule has 0 amide bonds. The van der Waals surface area contributed by atoms with Gasteiger partial charge in [0.05, 0.1) is 18.4 Å². The monoisotopic (exact) mass is 271 g/mol. The zero-order valence-corrected chi connectivity index (χ0v) is 11.6. The number of hydrogen-bond acceptors (Lipinski definition) is 3. The molecule has 3 nitrogen and oxygen atoms in total. The first-order chi connectivity index (χ1) is 8.74. The Hall–Kier alpha value is -1.49. The number of aliphatic hydroxyl groups is 1. The molecular weight excluding hydrogens is 252 g/mol. The first kappa shape index (κ1) is 15.6. The highest BCUT2D eigenvalue weighted by Crippen LogP contribution is 2.28. The molecule has 0 aliphatic carbocycles. The summed E-state index contributed by atoms with van der Waals surface area (Å²) in [6.45, 7) is 6.84. The minimum absolute atomic E-state index is 0.0581. The van der Waals surface area contributed by atoms with Gasteiger partial charge in [0.15, 0.2) is 11.6 Å². The van der Waals surface area contributed by atoms with Gasteiger partial charge in [-0.3, -0.25) is 0 Å². The molecule has 0 aromatic carbocycles. The van der Waals surface area contributed by atoms with Crippen molar-refractivity contribution < 1.29 is 18.6 Å². The van der Waals surface area contributed by atoms with Crippen molar-refractivity contribution in [3.8, 4) is 5.75 Å². The molecule has 1 N–H and O–H groups in total. The molecule has 0 aliphatic heterocycles. The van der Waals surface area contributed by atoms with Crippen LogP contribution in [0.2, 0.25) is 0 Å². The van der Waals surface area contributed by atoms with E-state index in [0.717, 1.165) is 6.20 Å². The number of halogens is 2. The summed E-state index contributed by atoms with van der Waals surface area (Å²) < 4.78 is 32.9. The first-order valence-corrected chi connectivity index (χ1v) is 6.03. The van der Waals surface area contributed by atoms with Crippen LogP contribution >= 0.6 is 0 Å². The van der Waals surface area contributed by atoms with E-state index in [9.17, 15) is 8.78 Å². The van der Waals surface area contributed by atoms with Crippen molar-refractivity contribution in [2.45, 2.75) is 39.7 Å². The van der Waals surface area contributed by atoms with Gasteiger partial charge < -0.3 is 9.84 Å². The van der Waals surface area contributed by atoms with Crippen LogP contribution in [0.3, 0.4) is 0 Å². The number of ether oxygens (including phenoxy) is 1. The highest BCUT2D eigenvalue weighted by Gasteiger charge is 2.21. The minimum Gasteiger partial charge on any atom is -0.485 e. The van der Waals surface area contributed by atoms with Gasteiger partial charge >= 0.3 is 0 Å². The van der Waals surface area contributed by atoms with Crippen molar-refractivity contribution in [3.63, 3.8) is 0 Å². The third-order valence-corrected chi connectivity index (χ3v) is 2.34. The maximum Gasteiger partial charge on any atom is 0.220 e. The highest BCUT2D eigenvalue weighted by molar-refractivity contribution is 5.35. The van der Waals surface area contributed by atoms with Crippen molar-refractivity contribution in [3.05, 3.63) is 35.2 Å². The lowest BCUT2D eigenvalue weighted by molar-refractivity contribution is 0.121. The van der Waals surface area contributed by atoms with Gasteiger partial charge in [0, 0.05) is 0 Å². The molecule has 1 aromatic heterocycles. The minimum atomic E-state index is -0.761. The van der Waals surface area contributed by atoms with Gasteiger partial charge in [0.2, 0.25) is 5.95 Å². The van der Waals surface area contributed by atoms with E-state index in [1.165, 1.54) is 0 Å². The number of hydrogen-bond donors (Lipinski definition) is 1. The zero-order chi connectivity index (χ0) is 14.6. The maximum absolute atomic E-state index is 13.7. The van der Waals surface area contributed by atoms with Crippen molar-refractivity contribution in [1.82, 2.24) is 4.98 Å². The molecule has 1 aromatic rings. The second kappa shape index (κ2) is 6.10. The standard InChI is InChI=1S/C14H19F2NO2/c1-9(8-18)5-6-10-12(19-14(2,3)4)11(15)7-17-13(10)16/h5,7,18H,6,8H2,1-4H3/b9-5-. The molecule has 0 aliphatic rings. The Balaban J connectivity index is 3.17. The summed E-state index contributed by atoms with van der Waals surface area (Å²) in [5, 5.41) is 8.91. The van der Waals surface area contributed by atoms with Crippen LogP contribution in [-0.2, 0) is 6.42 Å². The highest BCUT2D eigenvalue weighted by atomic mass is 19.1. The van der Waals surface area contributed by atoms with Crippen LogP contribution in [0.1, 0.15) is 33.3 Å². The molecule has 0 unspecified atom stereocenters. The van der Waals surface area contributed by atoms with Crippen LogP contribution in [0.5, 0.6) is 5.75 Å². The predicted molar refractivity (Wildman–Crippen MR) is 69.1 cm³/mol. The third-order valence-electron chi connectivity index (χ3n) is 2.34. The summed E-state index contributed by atoms with van der Waals surface area (Å²) in [6, 6.07) is 0. The second-order valence-electron chi connectivity index (χ2n) is 5.33. The molecule has 1 heterocycles. The Morgan fingerprint density at radius 3 is 2.58 bits per heavy atom. The van der Waals surface area contributed by atoms with Gasteiger partial charge in [0.1, 0.15) is 5.60 Å². The number of nitrogens with zero attached hydrogens (tertiary/aromatic N) is 1. The summed E-state index contributed by atoms with van der Waals surface area (Å²) in [4.78, 5) is 3.36. The van der Waals surface area contributed by atoms with E-state index in [1.54, 1.807) is 33.8 Å². The quantitative estimate of drug-likeness (QED) is 0.676. The van der Waals surface area contributed by atoms with E-state index in [-0.39, 0.29) is 24.3 Å².